The van der Waals surface area contributed by atoms with Gasteiger partial charge in [-0.2, -0.15) is 0 Å². The van der Waals surface area contributed by atoms with Crippen LogP contribution < -0.4 is 0 Å². The molecule has 4 heteroatoms. The molecular weight excluding hydrogens is 206 g/mol. The van der Waals surface area contributed by atoms with E-state index in [1.807, 2.05) is 26.0 Å². The summed E-state index contributed by atoms with van der Waals surface area (Å²) >= 11 is 0. The molecule has 0 aliphatic rings. The van der Waals surface area contributed by atoms with E-state index in [0.29, 0.717) is 0 Å². The van der Waals surface area contributed by atoms with Crippen molar-refractivity contribution in [2.75, 3.05) is 27.4 Å². The summed E-state index contributed by atoms with van der Waals surface area (Å²) in [5, 5.41) is 14.6. The Bertz CT molecular complexity index is 179. The summed E-state index contributed by atoms with van der Waals surface area (Å²) in [5.41, 5.74) is 1.26. The van der Waals surface area contributed by atoms with Gasteiger partial charge in [-0.25, -0.2) is 0 Å². The lowest BCUT2D eigenvalue weighted by Gasteiger charge is -1.82. The molecule has 0 aliphatic heterocycles. The van der Waals surface area contributed by atoms with Gasteiger partial charge in [0.1, 0.15) is 0 Å². The van der Waals surface area contributed by atoms with E-state index < -0.39 is 0 Å². The van der Waals surface area contributed by atoms with E-state index >= 15 is 0 Å². The Balaban J connectivity index is -0.000000163. The Kier molecular flexibility index (Phi) is 30.3. The average Bonchev–Trinajstić information content (AvgIpc) is 2.34. The third-order valence-corrected chi connectivity index (χ3v) is 1.14. The van der Waals surface area contributed by atoms with Gasteiger partial charge >= 0.3 is 0 Å². The fourth-order valence-electron chi connectivity index (χ4n) is 0.426. The van der Waals surface area contributed by atoms with Crippen molar-refractivity contribution >= 4 is 0 Å². The van der Waals surface area contributed by atoms with Gasteiger partial charge in [0.15, 0.2) is 0 Å². The summed E-state index contributed by atoms with van der Waals surface area (Å²) in [5.74, 6) is 0. The maximum absolute atomic E-state index is 7.57. The maximum Gasteiger partial charge on any atom is 0.0433 e. The van der Waals surface area contributed by atoms with Crippen molar-refractivity contribution in [1.82, 2.24) is 4.98 Å². The van der Waals surface area contributed by atoms with Crippen LogP contribution in [0.4, 0.5) is 0 Å². The number of aromatic nitrogens is 1. The van der Waals surface area contributed by atoms with Gasteiger partial charge in [-0.3, -0.25) is 4.98 Å². The first-order valence-electron chi connectivity index (χ1n) is 5.13. The summed E-state index contributed by atoms with van der Waals surface area (Å²) in [6.07, 6.45) is 3.57. The van der Waals surface area contributed by atoms with Crippen LogP contribution in [-0.4, -0.2) is 42.6 Å². The highest BCUT2D eigenvalue weighted by Gasteiger charge is 1.72. The molecular formula is C12H25NO3. The second-order valence-electron chi connectivity index (χ2n) is 2.42. The lowest BCUT2D eigenvalue weighted by Crippen LogP contribution is -1.73. The van der Waals surface area contributed by atoms with Crippen LogP contribution >= 0.6 is 0 Å². The normalized spacial score (nSPS) is 7.19. The predicted octanol–water partition coefficient (Wildman–Crippen LogP) is 1.65. The van der Waals surface area contributed by atoms with Gasteiger partial charge in [-0.05, 0) is 38.5 Å². The molecule has 0 bridgehead atoms. The SMILES string of the molecule is CCO.CCOC.CO.Cc1ccncc1. The van der Waals surface area contributed by atoms with Gasteiger partial charge < -0.3 is 14.9 Å². The zero-order chi connectivity index (χ0) is 13.2. The number of hydrogen-bond acceptors (Lipinski definition) is 4. The van der Waals surface area contributed by atoms with Crippen LogP contribution in [0.5, 0.6) is 0 Å². The molecule has 0 saturated carbocycles. The van der Waals surface area contributed by atoms with E-state index in [2.05, 4.69) is 9.72 Å². The van der Waals surface area contributed by atoms with E-state index in [4.69, 9.17) is 10.2 Å². The van der Waals surface area contributed by atoms with Crippen LogP contribution in [0.25, 0.3) is 0 Å². The second-order valence-corrected chi connectivity index (χ2v) is 2.42. The average molecular weight is 231 g/mol. The molecule has 0 amide bonds. The van der Waals surface area contributed by atoms with E-state index in [9.17, 15) is 0 Å². The number of rotatable bonds is 1. The minimum atomic E-state index is 0.250. The molecule has 0 aliphatic carbocycles. The van der Waals surface area contributed by atoms with Crippen molar-refractivity contribution < 1.29 is 14.9 Å². The molecule has 4 nitrogen and oxygen atoms in total. The van der Waals surface area contributed by atoms with Crippen molar-refractivity contribution in [2.45, 2.75) is 20.8 Å². The van der Waals surface area contributed by atoms with Crippen molar-refractivity contribution in [3.63, 3.8) is 0 Å². The zero-order valence-corrected chi connectivity index (χ0v) is 11.0. The van der Waals surface area contributed by atoms with Crippen LogP contribution in [0.3, 0.4) is 0 Å². The largest absolute Gasteiger partial charge is 0.400 e. The summed E-state index contributed by atoms with van der Waals surface area (Å²) in [7, 11) is 2.68. The number of hydrogen-bond donors (Lipinski definition) is 2. The van der Waals surface area contributed by atoms with Gasteiger partial charge in [0.25, 0.3) is 0 Å². The zero-order valence-electron chi connectivity index (χ0n) is 11.0. The van der Waals surface area contributed by atoms with Gasteiger partial charge in [0.05, 0.1) is 0 Å². The highest BCUT2D eigenvalue weighted by Crippen LogP contribution is 1.88. The van der Waals surface area contributed by atoms with Crippen LogP contribution in [0, 0.1) is 6.92 Å². The van der Waals surface area contributed by atoms with E-state index in [-0.39, 0.29) is 6.61 Å². The topological polar surface area (TPSA) is 62.6 Å². The van der Waals surface area contributed by atoms with Gasteiger partial charge in [-0.15, -0.1) is 0 Å². The molecule has 0 saturated heterocycles. The van der Waals surface area contributed by atoms with Crippen molar-refractivity contribution in [3.05, 3.63) is 30.1 Å². The van der Waals surface area contributed by atoms with Crippen molar-refractivity contribution in [3.8, 4) is 0 Å². The van der Waals surface area contributed by atoms with Crippen molar-refractivity contribution in [1.29, 1.82) is 0 Å². The van der Waals surface area contributed by atoms with Crippen LogP contribution in [-0.2, 0) is 4.74 Å². The number of pyridine rings is 1. The Labute approximate surface area is 98.9 Å². The Morgan fingerprint density at radius 2 is 1.50 bits per heavy atom. The molecule has 1 rings (SSSR count). The molecule has 2 N–H and O–H groups in total. The smallest absolute Gasteiger partial charge is 0.0433 e. The molecule has 1 aromatic heterocycles. The standard InChI is InChI=1S/C6H7N.C3H8O.C2H6O.CH4O/c1-6-2-4-7-5-3-6;1-3-4-2;1-2-3;1-2/h2-5H,1H3;3H2,1-2H3;3H,2H2,1H3;2H,1H3. The number of nitrogens with zero attached hydrogens (tertiary/aromatic N) is 1. The Hall–Kier alpha value is -0.970. The van der Waals surface area contributed by atoms with Gasteiger partial charge in [0.2, 0.25) is 0 Å². The first-order chi connectivity index (χ1) is 7.72. The number of methoxy groups -OCH3 is 1. The Morgan fingerprint density at radius 3 is 1.62 bits per heavy atom. The van der Waals surface area contributed by atoms with Crippen LogP contribution in [0.1, 0.15) is 19.4 Å². The molecule has 0 aromatic carbocycles. The molecule has 0 atom stereocenters. The molecule has 0 radical (unpaired) electrons. The Morgan fingerprint density at radius 1 is 1.19 bits per heavy atom. The maximum atomic E-state index is 7.57. The summed E-state index contributed by atoms with van der Waals surface area (Å²) in [4.78, 5) is 3.85. The summed E-state index contributed by atoms with van der Waals surface area (Å²) in [6.45, 7) is 6.75. The highest BCUT2D eigenvalue weighted by atomic mass is 16.5. The van der Waals surface area contributed by atoms with E-state index in [1.54, 1.807) is 26.4 Å². The third kappa shape index (κ3) is 29.2. The molecule has 0 fully saturated rings. The molecule has 0 spiro atoms. The number of aryl methyl sites for hydroxylation is 1. The number of ether oxygens (including phenoxy) is 1. The second kappa shape index (κ2) is 23.7. The fraction of sp³-hybridized carbons (Fsp3) is 0.583. The third-order valence-electron chi connectivity index (χ3n) is 1.14. The first-order valence-corrected chi connectivity index (χ1v) is 5.13. The molecule has 96 valence electrons. The number of aliphatic hydroxyl groups excluding tert-OH is 2. The molecule has 1 aromatic rings. The van der Waals surface area contributed by atoms with Gasteiger partial charge in [-0.1, -0.05) is 0 Å². The van der Waals surface area contributed by atoms with Crippen molar-refractivity contribution in [2.24, 2.45) is 0 Å². The lowest BCUT2D eigenvalue weighted by atomic mass is 10.3. The molecule has 16 heavy (non-hydrogen) atoms. The quantitative estimate of drug-likeness (QED) is 0.771. The fourth-order valence-corrected chi connectivity index (χ4v) is 0.426. The van der Waals surface area contributed by atoms with Gasteiger partial charge in [0, 0.05) is 39.8 Å². The predicted molar refractivity (Wildman–Crippen MR) is 67.4 cm³/mol. The molecule has 1 heterocycles. The van der Waals surface area contributed by atoms with E-state index in [1.165, 1.54) is 5.56 Å². The minimum absolute atomic E-state index is 0.250. The van der Waals surface area contributed by atoms with E-state index in [0.717, 1.165) is 13.7 Å². The number of aliphatic hydroxyl groups is 2. The summed E-state index contributed by atoms with van der Waals surface area (Å²) < 4.78 is 4.54. The lowest BCUT2D eigenvalue weighted by molar-refractivity contribution is 0.215. The van der Waals surface area contributed by atoms with Crippen LogP contribution in [0.2, 0.25) is 0 Å². The minimum Gasteiger partial charge on any atom is -0.400 e. The highest BCUT2D eigenvalue weighted by molar-refractivity contribution is 5.05. The first kappa shape index (κ1) is 20.4. The van der Waals surface area contributed by atoms with Crippen LogP contribution in [0.15, 0.2) is 24.5 Å². The monoisotopic (exact) mass is 231 g/mol. The summed E-state index contributed by atoms with van der Waals surface area (Å²) in [6, 6.07) is 3.94. The molecule has 0 unspecified atom stereocenters.